The molecule has 6 heteroatoms. The first-order valence-corrected chi connectivity index (χ1v) is 6.72. The molecule has 2 nitrogen and oxygen atoms in total. The fourth-order valence-corrected chi connectivity index (χ4v) is 2.84. The number of nitrogens with two attached hydrogens (primary N) is 1. The predicted molar refractivity (Wildman–Crippen MR) is 71.0 cm³/mol. The third-order valence-electron chi connectivity index (χ3n) is 2.55. The standard InChI is InChI=1S/C12H10BrF2NOS/c1-17-7-3-8(14)11(9(15)4-7)12(16)6-2-10(13)18-5-6/h2-5,12H,16H2,1H3. The molecule has 96 valence electrons. The lowest BCUT2D eigenvalue weighted by atomic mass is 10.0. The number of rotatable bonds is 3. The normalized spacial score (nSPS) is 12.5. The van der Waals surface area contributed by atoms with Crippen molar-refractivity contribution in [3.8, 4) is 5.75 Å². The summed E-state index contributed by atoms with van der Waals surface area (Å²) in [6.45, 7) is 0. The predicted octanol–water partition coefficient (Wildman–Crippen LogP) is 3.85. The Kier molecular flexibility index (Phi) is 3.99. The lowest BCUT2D eigenvalue weighted by Gasteiger charge is -2.13. The molecule has 18 heavy (non-hydrogen) atoms. The van der Waals surface area contributed by atoms with Crippen LogP contribution >= 0.6 is 27.3 Å². The van der Waals surface area contributed by atoms with Crippen LogP contribution in [0, 0.1) is 11.6 Å². The van der Waals surface area contributed by atoms with Crippen LogP contribution in [-0.2, 0) is 0 Å². The number of thiophene rings is 1. The minimum atomic E-state index is -0.835. The first-order valence-electron chi connectivity index (χ1n) is 5.05. The number of methoxy groups -OCH3 is 1. The van der Waals surface area contributed by atoms with E-state index in [1.807, 2.05) is 0 Å². The van der Waals surface area contributed by atoms with Gasteiger partial charge in [-0.3, -0.25) is 0 Å². The molecular weight excluding hydrogens is 324 g/mol. The van der Waals surface area contributed by atoms with E-state index < -0.39 is 17.7 Å². The summed E-state index contributed by atoms with van der Waals surface area (Å²) in [5.74, 6) is -1.28. The van der Waals surface area contributed by atoms with Crippen LogP contribution in [0.4, 0.5) is 8.78 Å². The Hall–Kier alpha value is -0.980. The number of benzene rings is 1. The third-order valence-corrected chi connectivity index (χ3v) is 4.07. The Morgan fingerprint density at radius 1 is 1.28 bits per heavy atom. The van der Waals surface area contributed by atoms with Crippen LogP contribution in [0.1, 0.15) is 17.2 Å². The van der Waals surface area contributed by atoms with Crippen LogP contribution in [0.2, 0.25) is 0 Å². The maximum atomic E-state index is 13.8. The third kappa shape index (κ3) is 2.55. The van der Waals surface area contributed by atoms with Crippen molar-refractivity contribution >= 4 is 27.3 Å². The molecule has 0 aliphatic carbocycles. The molecule has 1 aromatic carbocycles. The zero-order valence-electron chi connectivity index (χ0n) is 9.41. The Bertz CT molecular complexity index is 550. The summed E-state index contributed by atoms with van der Waals surface area (Å²) in [6.07, 6.45) is 0. The molecule has 2 aromatic rings. The van der Waals surface area contributed by atoms with E-state index in [1.54, 1.807) is 11.4 Å². The van der Waals surface area contributed by atoms with Crippen LogP contribution in [0.15, 0.2) is 27.4 Å². The number of hydrogen-bond acceptors (Lipinski definition) is 3. The summed E-state index contributed by atoms with van der Waals surface area (Å²) in [7, 11) is 1.35. The molecule has 0 saturated carbocycles. The van der Waals surface area contributed by atoms with E-state index in [2.05, 4.69) is 15.9 Å². The molecule has 0 amide bonds. The second kappa shape index (κ2) is 5.34. The van der Waals surface area contributed by atoms with Gasteiger partial charge in [0.05, 0.1) is 16.9 Å². The van der Waals surface area contributed by atoms with E-state index in [-0.39, 0.29) is 11.3 Å². The summed E-state index contributed by atoms with van der Waals surface area (Å²) in [4.78, 5) is 0. The molecule has 0 saturated heterocycles. The quantitative estimate of drug-likeness (QED) is 0.925. The summed E-state index contributed by atoms with van der Waals surface area (Å²) in [5, 5.41) is 1.76. The monoisotopic (exact) mass is 333 g/mol. The van der Waals surface area contributed by atoms with Gasteiger partial charge in [-0.1, -0.05) is 0 Å². The SMILES string of the molecule is COc1cc(F)c(C(N)c2csc(Br)c2)c(F)c1. The highest BCUT2D eigenvalue weighted by atomic mass is 79.9. The maximum Gasteiger partial charge on any atom is 0.134 e. The summed E-state index contributed by atoms with van der Waals surface area (Å²) >= 11 is 4.70. The van der Waals surface area contributed by atoms with Crippen molar-refractivity contribution in [1.82, 2.24) is 0 Å². The minimum Gasteiger partial charge on any atom is -0.497 e. The zero-order chi connectivity index (χ0) is 13.3. The van der Waals surface area contributed by atoms with E-state index in [1.165, 1.54) is 18.4 Å². The van der Waals surface area contributed by atoms with E-state index >= 15 is 0 Å². The van der Waals surface area contributed by atoms with Crippen molar-refractivity contribution in [2.45, 2.75) is 6.04 Å². The lowest BCUT2D eigenvalue weighted by molar-refractivity contribution is 0.404. The van der Waals surface area contributed by atoms with Gasteiger partial charge in [0, 0.05) is 17.7 Å². The van der Waals surface area contributed by atoms with Gasteiger partial charge in [0.15, 0.2) is 0 Å². The van der Waals surface area contributed by atoms with Gasteiger partial charge in [-0.15, -0.1) is 11.3 Å². The van der Waals surface area contributed by atoms with Crippen LogP contribution < -0.4 is 10.5 Å². The lowest BCUT2D eigenvalue weighted by Crippen LogP contribution is -2.15. The molecule has 0 spiro atoms. The van der Waals surface area contributed by atoms with Crippen molar-refractivity contribution in [3.63, 3.8) is 0 Å². The fourth-order valence-electron chi connectivity index (χ4n) is 1.63. The summed E-state index contributed by atoms with van der Waals surface area (Å²) < 4.78 is 33.3. The molecule has 2 rings (SSSR count). The zero-order valence-corrected chi connectivity index (χ0v) is 11.8. The Labute approximate surface area is 116 Å². The highest BCUT2D eigenvalue weighted by molar-refractivity contribution is 9.11. The summed E-state index contributed by atoms with van der Waals surface area (Å²) in [5.41, 5.74) is 6.40. The van der Waals surface area contributed by atoms with Crippen molar-refractivity contribution in [1.29, 1.82) is 0 Å². The van der Waals surface area contributed by atoms with Crippen LogP contribution in [0.5, 0.6) is 5.75 Å². The highest BCUT2D eigenvalue weighted by Crippen LogP contribution is 2.32. The molecule has 1 unspecified atom stereocenters. The first kappa shape index (κ1) is 13.5. The van der Waals surface area contributed by atoms with Crippen LogP contribution in [0.3, 0.4) is 0 Å². The van der Waals surface area contributed by atoms with Crippen molar-refractivity contribution in [2.75, 3.05) is 7.11 Å². The molecule has 1 heterocycles. The van der Waals surface area contributed by atoms with E-state index in [0.29, 0.717) is 5.56 Å². The van der Waals surface area contributed by atoms with Gasteiger partial charge < -0.3 is 10.5 Å². The van der Waals surface area contributed by atoms with Crippen LogP contribution in [-0.4, -0.2) is 7.11 Å². The number of ether oxygens (including phenoxy) is 1. The van der Waals surface area contributed by atoms with Gasteiger partial charge >= 0.3 is 0 Å². The average molecular weight is 334 g/mol. The molecule has 2 N–H and O–H groups in total. The largest absolute Gasteiger partial charge is 0.497 e. The van der Waals surface area contributed by atoms with Crippen LogP contribution in [0.25, 0.3) is 0 Å². The second-order valence-electron chi connectivity index (χ2n) is 3.67. The van der Waals surface area contributed by atoms with Crippen molar-refractivity contribution < 1.29 is 13.5 Å². The molecular formula is C12H10BrF2NOS. The van der Waals surface area contributed by atoms with Gasteiger partial charge in [0.2, 0.25) is 0 Å². The smallest absolute Gasteiger partial charge is 0.134 e. The van der Waals surface area contributed by atoms with E-state index in [0.717, 1.165) is 15.9 Å². The molecule has 0 aliphatic rings. The summed E-state index contributed by atoms with van der Waals surface area (Å²) in [6, 6.07) is 3.16. The van der Waals surface area contributed by atoms with E-state index in [4.69, 9.17) is 10.5 Å². The highest BCUT2D eigenvalue weighted by Gasteiger charge is 2.20. The van der Waals surface area contributed by atoms with Gasteiger partial charge in [-0.05, 0) is 32.9 Å². The number of hydrogen-bond donors (Lipinski definition) is 1. The average Bonchev–Trinajstić information content (AvgIpc) is 2.74. The second-order valence-corrected chi connectivity index (χ2v) is 5.96. The fraction of sp³-hybridized carbons (Fsp3) is 0.167. The Morgan fingerprint density at radius 3 is 2.33 bits per heavy atom. The molecule has 0 aliphatic heterocycles. The Balaban J connectivity index is 2.44. The number of halogens is 3. The topological polar surface area (TPSA) is 35.2 Å². The molecule has 0 bridgehead atoms. The first-order chi connectivity index (χ1) is 8.52. The van der Waals surface area contributed by atoms with Gasteiger partial charge in [0.1, 0.15) is 17.4 Å². The van der Waals surface area contributed by atoms with Gasteiger partial charge in [-0.2, -0.15) is 0 Å². The van der Waals surface area contributed by atoms with E-state index in [9.17, 15) is 8.78 Å². The van der Waals surface area contributed by atoms with Gasteiger partial charge in [0.25, 0.3) is 0 Å². The van der Waals surface area contributed by atoms with Crippen molar-refractivity contribution in [2.24, 2.45) is 5.73 Å². The molecule has 0 radical (unpaired) electrons. The van der Waals surface area contributed by atoms with Crippen molar-refractivity contribution in [3.05, 3.63) is 50.1 Å². The molecule has 1 aromatic heterocycles. The maximum absolute atomic E-state index is 13.8. The molecule has 1 atom stereocenters. The molecule has 0 fully saturated rings. The Morgan fingerprint density at radius 2 is 1.89 bits per heavy atom. The van der Waals surface area contributed by atoms with Gasteiger partial charge in [-0.25, -0.2) is 8.78 Å². The minimum absolute atomic E-state index is 0.132.